The summed E-state index contributed by atoms with van der Waals surface area (Å²) >= 11 is 0. The van der Waals surface area contributed by atoms with Crippen molar-refractivity contribution in [1.29, 1.82) is 0 Å². The summed E-state index contributed by atoms with van der Waals surface area (Å²) in [4.78, 5) is 7.23. The summed E-state index contributed by atoms with van der Waals surface area (Å²) in [6, 6.07) is 13.3. The molecular formula is C18H22N2O2S. The number of hydrogen-bond acceptors (Lipinski definition) is 4. The second kappa shape index (κ2) is 6.81. The van der Waals surface area contributed by atoms with E-state index in [0.717, 1.165) is 37.3 Å². The van der Waals surface area contributed by atoms with Crippen molar-refractivity contribution in [2.45, 2.75) is 24.3 Å². The van der Waals surface area contributed by atoms with Gasteiger partial charge in [0.05, 0.1) is 4.90 Å². The molecule has 1 aromatic carbocycles. The van der Waals surface area contributed by atoms with Gasteiger partial charge in [-0.3, -0.25) is 9.88 Å². The molecule has 2 aromatic rings. The van der Waals surface area contributed by atoms with Gasteiger partial charge in [-0.25, -0.2) is 8.42 Å². The lowest BCUT2D eigenvalue weighted by atomic mass is 10.0. The molecule has 1 aromatic heterocycles. The van der Waals surface area contributed by atoms with Crippen LogP contribution in [0.4, 0.5) is 0 Å². The summed E-state index contributed by atoms with van der Waals surface area (Å²) in [5, 5.41) is 0. The molecule has 23 heavy (non-hydrogen) atoms. The number of aromatic nitrogens is 1. The molecule has 122 valence electrons. The average Bonchev–Trinajstić information content (AvgIpc) is 2.95. The van der Waals surface area contributed by atoms with Crippen molar-refractivity contribution < 1.29 is 8.42 Å². The first kappa shape index (κ1) is 16.1. The summed E-state index contributed by atoms with van der Waals surface area (Å²) in [6.07, 6.45) is 5.32. The number of sulfone groups is 1. The molecule has 4 nitrogen and oxygen atoms in total. The molecule has 0 amide bonds. The van der Waals surface area contributed by atoms with Gasteiger partial charge in [-0.1, -0.05) is 18.2 Å². The van der Waals surface area contributed by atoms with E-state index in [-0.39, 0.29) is 0 Å². The zero-order chi connectivity index (χ0) is 16.3. The highest BCUT2D eigenvalue weighted by molar-refractivity contribution is 7.90. The number of benzene rings is 1. The highest BCUT2D eigenvalue weighted by atomic mass is 32.2. The van der Waals surface area contributed by atoms with E-state index in [1.54, 1.807) is 12.1 Å². The van der Waals surface area contributed by atoms with Crippen LogP contribution in [0.2, 0.25) is 0 Å². The van der Waals surface area contributed by atoms with Crippen molar-refractivity contribution in [3.63, 3.8) is 0 Å². The number of rotatable bonds is 5. The molecule has 1 saturated heterocycles. The zero-order valence-electron chi connectivity index (χ0n) is 13.4. The van der Waals surface area contributed by atoms with Gasteiger partial charge in [-0.05, 0) is 55.1 Å². The summed E-state index contributed by atoms with van der Waals surface area (Å²) in [5.41, 5.74) is 2.33. The molecule has 0 aliphatic carbocycles. The minimum atomic E-state index is -3.11. The van der Waals surface area contributed by atoms with Crippen LogP contribution in [0.25, 0.3) is 0 Å². The highest BCUT2D eigenvalue weighted by Gasteiger charge is 2.23. The maximum absolute atomic E-state index is 11.5. The van der Waals surface area contributed by atoms with Crippen LogP contribution >= 0.6 is 0 Å². The Balaban J connectivity index is 1.56. The maximum atomic E-state index is 11.5. The van der Waals surface area contributed by atoms with Crippen LogP contribution in [-0.4, -0.2) is 37.6 Å². The molecule has 1 atom stereocenters. The summed E-state index contributed by atoms with van der Waals surface area (Å²) in [5.74, 6) is 0.653. The lowest BCUT2D eigenvalue weighted by Gasteiger charge is -2.16. The molecule has 1 aliphatic heterocycles. The molecular weight excluding hydrogens is 308 g/mol. The average molecular weight is 330 g/mol. The van der Waals surface area contributed by atoms with Gasteiger partial charge in [0, 0.05) is 31.2 Å². The maximum Gasteiger partial charge on any atom is 0.175 e. The predicted molar refractivity (Wildman–Crippen MR) is 90.9 cm³/mol. The van der Waals surface area contributed by atoms with Gasteiger partial charge in [0.1, 0.15) is 0 Å². The zero-order valence-corrected chi connectivity index (χ0v) is 14.2. The van der Waals surface area contributed by atoms with Crippen molar-refractivity contribution in [3.8, 4) is 0 Å². The monoisotopic (exact) mass is 330 g/mol. The third-order valence-electron chi connectivity index (χ3n) is 4.35. The van der Waals surface area contributed by atoms with E-state index < -0.39 is 9.84 Å². The number of hydrogen-bond donors (Lipinski definition) is 0. The molecule has 0 N–H and O–H groups in total. The lowest BCUT2D eigenvalue weighted by Crippen LogP contribution is -2.20. The summed E-state index contributed by atoms with van der Waals surface area (Å²) in [7, 11) is -3.11. The van der Waals surface area contributed by atoms with Gasteiger partial charge in [-0.15, -0.1) is 0 Å². The van der Waals surface area contributed by atoms with Crippen molar-refractivity contribution in [1.82, 2.24) is 9.88 Å². The normalized spacial score (nSPS) is 19.1. The number of pyridine rings is 1. The molecule has 1 unspecified atom stereocenters. The second-order valence-corrected chi connectivity index (χ2v) is 8.35. The molecule has 1 aliphatic rings. The van der Waals surface area contributed by atoms with E-state index in [0.29, 0.717) is 10.8 Å². The van der Waals surface area contributed by atoms with Crippen LogP contribution in [0.3, 0.4) is 0 Å². The van der Waals surface area contributed by atoms with Crippen LogP contribution in [0.15, 0.2) is 53.6 Å². The van der Waals surface area contributed by atoms with Gasteiger partial charge in [0.25, 0.3) is 0 Å². The minimum Gasteiger partial charge on any atom is -0.299 e. The first-order valence-electron chi connectivity index (χ1n) is 7.92. The van der Waals surface area contributed by atoms with Crippen molar-refractivity contribution in [2.24, 2.45) is 5.92 Å². The molecule has 5 heteroatoms. The number of nitrogens with zero attached hydrogens (tertiary/aromatic N) is 2. The van der Waals surface area contributed by atoms with Crippen LogP contribution in [0.5, 0.6) is 0 Å². The van der Waals surface area contributed by atoms with Crippen LogP contribution in [0, 0.1) is 5.92 Å². The Hall–Kier alpha value is -1.72. The van der Waals surface area contributed by atoms with Crippen LogP contribution in [0.1, 0.15) is 17.7 Å². The third kappa shape index (κ3) is 4.39. The topological polar surface area (TPSA) is 50.3 Å². The molecule has 0 bridgehead atoms. The summed E-state index contributed by atoms with van der Waals surface area (Å²) < 4.78 is 23.0. The standard InChI is InChI=1S/C18H22N2O2S/c1-23(21,22)18-7-5-15(6-8-18)13-20-11-9-16(14-20)12-17-4-2-3-10-19-17/h2-8,10,16H,9,11-14H2,1H3. The first-order valence-corrected chi connectivity index (χ1v) is 9.81. The first-order chi connectivity index (χ1) is 11.0. The Morgan fingerprint density at radius 3 is 2.61 bits per heavy atom. The van der Waals surface area contributed by atoms with Crippen LogP contribution in [-0.2, 0) is 22.8 Å². The molecule has 3 rings (SSSR count). The fourth-order valence-electron chi connectivity index (χ4n) is 3.14. The minimum absolute atomic E-state index is 0.385. The molecule has 0 radical (unpaired) electrons. The fourth-order valence-corrected chi connectivity index (χ4v) is 3.77. The van der Waals surface area contributed by atoms with E-state index in [9.17, 15) is 8.42 Å². The Bertz CT molecular complexity index is 742. The fraction of sp³-hybridized carbons (Fsp3) is 0.389. The van der Waals surface area contributed by atoms with E-state index in [2.05, 4.69) is 16.0 Å². The van der Waals surface area contributed by atoms with Crippen molar-refractivity contribution in [3.05, 3.63) is 59.9 Å². The Kier molecular flexibility index (Phi) is 4.78. The molecule has 0 saturated carbocycles. The van der Waals surface area contributed by atoms with Gasteiger partial charge < -0.3 is 0 Å². The lowest BCUT2D eigenvalue weighted by molar-refractivity contribution is 0.316. The Morgan fingerprint density at radius 1 is 1.17 bits per heavy atom. The highest BCUT2D eigenvalue weighted by Crippen LogP contribution is 2.22. The van der Waals surface area contributed by atoms with Gasteiger partial charge in [0.2, 0.25) is 0 Å². The quantitative estimate of drug-likeness (QED) is 0.845. The SMILES string of the molecule is CS(=O)(=O)c1ccc(CN2CCC(Cc3ccccn3)C2)cc1. The second-order valence-electron chi connectivity index (χ2n) is 6.33. The van der Waals surface area contributed by atoms with E-state index in [1.807, 2.05) is 30.5 Å². The largest absolute Gasteiger partial charge is 0.299 e. The Morgan fingerprint density at radius 2 is 1.96 bits per heavy atom. The molecule has 0 spiro atoms. The Labute approximate surface area is 138 Å². The van der Waals surface area contributed by atoms with Crippen molar-refractivity contribution in [2.75, 3.05) is 19.3 Å². The molecule has 1 fully saturated rings. The predicted octanol–water partition coefficient (Wildman–Crippen LogP) is 2.55. The third-order valence-corrected chi connectivity index (χ3v) is 5.48. The van der Waals surface area contributed by atoms with Gasteiger partial charge >= 0.3 is 0 Å². The smallest absolute Gasteiger partial charge is 0.175 e. The van der Waals surface area contributed by atoms with Crippen LogP contribution < -0.4 is 0 Å². The van der Waals surface area contributed by atoms with E-state index >= 15 is 0 Å². The van der Waals surface area contributed by atoms with Crippen molar-refractivity contribution >= 4 is 9.84 Å². The van der Waals surface area contributed by atoms with E-state index in [1.165, 1.54) is 12.7 Å². The van der Waals surface area contributed by atoms with E-state index in [4.69, 9.17) is 0 Å². The van der Waals surface area contributed by atoms with Gasteiger partial charge in [-0.2, -0.15) is 0 Å². The number of likely N-dealkylation sites (tertiary alicyclic amines) is 1. The summed E-state index contributed by atoms with van der Waals surface area (Å²) in [6.45, 7) is 3.04. The molecule has 2 heterocycles. The van der Waals surface area contributed by atoms with Gasteiger partial charge in [0.15, 0.2) is 9.84 Å².